The summed E-state index contributed by atoms with van der Waals surface area (Å²) in [6.07, 6.45) is 0. The molecule has 7 nitrogen and oxygen atoms in total. The third-order valence-corrected chi connectivity index (χ3v) is 5.62. The predicted molar refractivity (Wildman–Crippen MR) is 105 cm³/mol. The average Bonchev–Trinajstić information content (AvgIpc) is 3.18. The molecule has 0 bridgehead atoms. The van der Waals surface area contributed by atoms with Gasteiger partial charge in [-0.05, 0) is 44.2 Å². The molecule has 0 saturated heterocycles. The van der Waals surface area contributed by atoms with E-state index in [4.69, 9.17) is 9.26 Å². The summed E-state index contributed by atoms with van der Waals surface area (Å²) in [4.78, 5) is -0.173. The first-order chi connectivity index (χ1) is 13.3. The zero-order valence-electron chi connectivity index (χ0n) is 15.5. The molecule has 2 aromatic carbocycles. The van der Waals surface area contributed by atoms with Gasteiger partial charge in [0, 0.05) is 11.1 Å². The fourth-order valence-electron chi connectivity index (χ4n) is 3.52. The molecule has 0 saturated carbocycles. The van der Waals surface area contributed by atoms with E-state index in [9.17, 15) is 13.0 Å². The fourth-order valence-corrected chi connectivity index (χ4v) is 4.41. The van der Waals surface area contributed by atoms with E-state index in [0.29, 0.717) is 45.1 Å². The Labute approximate surface area is 161 Å². The van der Waals surface area contributed by atoms with Crippen molar-refractivity contribution in [2.45, 2.75) is 18.7 Å². The number of methoxy groups -OCH3 is 1. The summed E-state index contributed by atoms with van der Waals surface area (Å²) in [6.45, 7) is 3.44. The van der Waals surface area contributed by atoms with Gasteiger partial charge < -0.3 is 13.8 Å². The molecule has 1 N–H and O–H groups in total. The Morgan fingerprint density at radius 3 is 2.32 bits per heavy atom. The van der Waals surface area contributed by atoms with Gasteiger partial charge in [-0.25, -0.2) is 0 Å². The molecule has 0 amide bonds. The summed E-state index contributed by atoms with van der Waals surface area (Å²) in [7, 11) is -2.96. The molecular weight excluding hydrogens is 380 g/mol. The number of ether oxygens (including phenoxy) is 1. The van der Waals surface area contributed by atoms with Crippen molar-refractivity contribution in [1.82, 2.24) is 9.72 Å². The van der Waals surface area contributed by atoms with Crippen LogP contribution >= 0.6 is 0 Å². The Balaban J connectivity index is 2.21. The molecule has 0 aliphatic rings. The lowest BCUT2D eigenvalue weighted by Gasteiger charge is -2.12. The summed E-state index contributed by atoms with van der Waals surface area (Å²) in [5.41, 5.74) is 2.71. The molecule has 0 aliphatic heterocycles. The maximum atomic E-state index is 12.4. The monoisotopic (exact) mass is 398 g/mol. The maximum absolute atomic E-state index is 12.4. The maximum Gasteiger partial charge on any atom is 0.297 e. The molecule has 0 spiro atoms. The third kappa shape index (κ3) is 2.78. The lowest BCUT2D eigenvalue weighted by molar-refractivity contribution is 0.393. The van der Waals surface area contributed by atoms with E-state index in [1.807, 2.05) is 18.2 Å². The van der Waals surface area contributed by atoms with E-state index in [2.05, 4.69) is 5.16 Å². The van der Waals surface area contributed by atoms with E-state index >= 15 is 0 Å². The van der Waals surface area contributed by atoms with Crippen LogP contribution in [0.15, 0.2) is 57.9 Å². The molecule has 2 aromatic heterocycles. The van der Waals surface area contributed by atoms with Gasteiger partial charge in [0.15, 0.2) is 0 Å². The van der Waals surface area contributed by atoms with Crippen molar-refractivity contribution in [2.75, 3.05) is 7.11 Å². The van der Waals surface area contributed by atoms with Crippen LogP contribution in [-0.2, 0) is 10.1 Å². The number of rotatable bonds is 4. The number of benzene rings is 2. The standard InChI is InChI=1S/C20H18N2O5S/c1-12-18(13(2)27-21-12)19-20(28(23,24)25)16-6-4-5-7-17(16)22(19)14-8-10-15(26-3)11-9-14/h4-11H,1-3H3,(H,23,24,25). The lowest BCUT2D eigenvalue weighted by atomic mass is 10.1. The Morgan fingerprint density at radius 1 is 1.07 bits per heavy atom. The Hall–Kier alpha value is -3.10. The van der Waals surface area contributed by atoms with E-state index in [0.717, 1.165) is 0 Å². The van der Waals surface area contributed by atoms with Crippen molar-refractivity contribution in [3.63, 3.8) is 0 Å². The highest BCUT2D eigenvalue weighted by atomic mass is 32.2. The molecule has 0 unspecified atom stereocenters. The Morgan fingerprint density at radius 2 is 1.75 bits per heavy atom. The summed E-state index contributed by atoms with van der Waals surface area (Å²) >= 11 is 0. The van der Waals surface area contributed by atoms with Crippen LogP contribution in [-0.4, -0.2) is 29.8 Å². The molecule has 0 fully saturated rings. The minimum absolute atomic E-state index is 0.173. The molecule has 28 heavy (non-hydrogen) atoms. The van der Waals surface area contributed by atoms with Crippen molar-refractivity contribution in [3.05, 3.63) is 60.0 Å². The summed E-state index contributed by atoms with van der Waals surface area (Å²) in [5.74, 6) is 1.13. The number of aromatic nitrogens is 2. The van der Waals surface area contributed by atoms with E-state index in [1.165, 1.54) is 0 Å². The summed E-state index contributed by atoms with van der Waals surface area (Å²) in [5, 5.41) is 4.38. The SMILES string of the molecule is COc1ccc(-n2c(-c3c(C)noc3C)c(S(=O)(=O)O)c3ccccc32)cc1. The molecule has 0 atom stereocenters. The molecule has 2 heterocycles. The minimum Gasteiger partial charge on any atom is -0.497 e. The van der Waals surface area contributed by atoms with Crippen molar-refractivity contribution in [2.24, 2.45) is 0 Å². The quantitative estimate of drug-likeness (QED) is 0.519. The third-order valence-electron chi connectivity index (χ3n) is 4.69. The van der Waals surface area contributed by atoms with Gasteiger partial charge in [-0.1, -0.05) is 23.4 Å². The summed E-state index contributed by atoms with van der Waals surface area (Å²) < 4.78 is 47.2. The van der Waals surface area contributed by atoms with Crippen LogP contribution in [0.2, 0.25) is 0 Å². The Kier molecular flexibility index (Phi) is 4.24. The first-order valence-electron chi connectivity index (χ1n) is 8.51. The van der Waals surface area contributed by atoms with Crippen LogP contribution in [0.1, 0.15) is 11.5 Å². The van der Waals surface area contributed by atoms with E-state index in [1.54, 1.807) is 55.9 Å². The van der Waals surface area contributed by atoms with Crippen LogP contribution in [0.25, 0.3) is 27.8 Å². The predicted octanol–water partition coefficient (Wildman–Crippen LogP) is 4.16. The molecule has 0 radical (unpaired) electrons. The van der Waals surface area contributed by atoms with Crippen LogP contribution in [0, 0.1) is 13.8 Å². The highest BCUT2D eigenvalue weighted by Crippen LogP contribution is 2.41. The van der Waals surface area contributed by atoms with Gasteiger partial charge in [-0.3, -0.25) is 4.55 Å². The minimum atomic E-state index is -4.53. The van der Waals surface area contributed by atoms with E-state index in [-0.39, 0.29) is 4.90 Å². The van der Waals surface area contributed by atoms with Gasteiger partial charge in [0.25, 0.3) is 10.1 Å². The van der Waals surface area contributed by atoms with Gasteiger partial charge in [0.05, 0.1) is 29.6 Å². The van der Waals surface area contributed by atoms with Crippen LogP contribution in [0.5, 0.6) is 5.75 Å². The zero-order chi connectivity index (χ0) is 20.1. The van der Waals surface area contributed by atoms with Crippen LogP contribution in [0.3, 0.4) is 0 Å². The van der Waals surface area contributed by atoms with Gasteiger partial charge in [-0.2, -0.15) is 8.42 Å². The van der Waals surface area contributed by atoms with Crippen molar-refractivity contribution >= 4 is 21.0 Å². The van der Waals surface area contributed by atoms with Gasteiger partial charge >= 0.3 is 0 Å². The van der Waals surface area contributed by atoms with E-state index < -0.39 is 10.1 Å². The van der Waals surface area contributed by atoms with Crippen LogP contribution < -0.4 is 4.74 Å². The van der Waals surface area contributed by atoms with Crippen LogP contribution in [0.4, 0.5) is 0 Å². The lowest BCUT2D eigenvalue weighted by Crippen LogP contribution is -2.04. The average molecular weight is 398 g/mol. The fraction of sp³-hybridized carbons (Fsp3) is 0.150. The number of para-hydroxylation sites is 1. The van der Waals surface area contributed by atoms with Gasteiger partial charge in [0.1, 0.15) is 16.4 Å². The molecular formula is C20H18N2O5S. The zero-order valence-corrected chi connectivity index (χ0v) is 16.3. The first-order valence-corrected chi connectivity index (χ1v) is 9.95. The smallest absolute Gasteiger partial charge is 0.297 e. The number of aryl methyl sites for hydroxylation is 2. The second kappa shape index (κ2) is 6.50. The number of hydrogen-bond donors (Lipinski definition) is 1. The Bertz CT molecular complexity index is 1260. The summed E-state index contributed by atoms with van der Waals surface area (Å²) in [6, 6.07) is 14.2. The molecule has 0 aliphatic carbocycles. The second-order valence-corrected chi connectivity index (χ2v) is 7.76. The van der Waals surface area contributed by atoms with Gasteiger partial charge in [0.2, 0.25) is 0 Å². The molecule has 4 rings (SSSR count). The van der Waals surface area contributed by atoms with Gasteiger partial charge in [-0.15, -0.1) is 0 Å². The number of fused-ring (bicyclic) bond motifs is 1. The molecule has 8 heteroatoms. The number of nitrogens with zero attached hydrogens (tertiary/aromatic N) is 2. The highest BCUT2D eigenvalue weighted by molar-refractivity contribution is 7.86. The molecule has 144 valence electrons. The van der Waals surface area contributed by atoms with Crippen molar-refractivity contribution in [3.8, 4) is 22.7 Å². The highest BCUT2D eigenvalue weighted by Gasteiger charge is 2.30. The number of hydrogen-bond acceptors (Lipinski definition) is 5. The topological polar surface area (TPSA) is 94.6 Å². The second-order valence-electron chi connectivity index (χ2n) is 6.40. The normalized spacial score (nSPS) is 11.9. The largest absolute Gasteiger partial charge is 0.497 e. The van der Waals surface area contributed by atoms with Crippen molar-refractivity contribution < 1.29 is 22.2 Å². The van der Waals surface area contributed by atoms with Crippen molar-refractivity contribution in [1.29, 1.82) is 0 Å². The first kappa shape index (κ1) is 18.3. The molecule has 4 aromatic rings.